The number of rotatable bonds is 3. The number of carbonyl (C=O) groups excluding carboxylic acids is 1. The fraction of sp³-hybridized carbons (Fsp3) is 0.375. The van der Waals surface area contributed by atoms with Crippen molar-refractivity contribution in [2.75, 3.05) is 7.11 Å². The number of ether oxygens (including phenoxy) is 1. The summed E-state index contributed by atoms with van der Waals surface area (Å²) in [5.41, 5.74) is 1.99. The van der Waals surface area contributed by atoms with Crippen LogP contribution in [0.4, 0.5) is 0 Å². The van der Waals surface area contributed by atoms with Gasteiger partial charge in [0.15, 0.2) is 5.13 Å². The molecule has 22 heavy (non-hydrogen) atoms. The van der Waals surface area contributed by atoms with Crippen molar-refractivity contribution < 1.29 is 9.53 Å². The number of hydrogen-bond acceptors (Lipinski definition) is 5. The first-order valence-corrected chi connectivity index (χ1v) is 8.83. The lowest BCUT2D eigenvalue weighted by Crippen LogP contribution is -2.20. The Balaban J connectivity index is 1.77. The standard InChI is InChI=1S/C16H16N2O2S2/c1-9-4-5-10(2)18(9)15-17-13-11(21-15)8-12(22-13)16(6-7-16)14(19)20-3/h4-5,8H,6-7H2,1-3H3. The monoisotopic (exact) mass is 332 g/mol. The summed E-state index contributed by atoms with van der Waals surface area (Å²) < 4.78 is 8.29. The molecule has 4 nitrogen and oxygen atoms in total. The second kappa shape index (κ2) is 4.67. The molecule has 3 heterocycles. The van der Waals surface area contributed by atoms with E-state index in [4.69, 9.17) is 9.72 Å². The number of hydrogen-bond donors (Lipinski definition) is 0. The summed E-state index contributed by atoms with van der Waals surface area (Å²) >= 11 is 3.30. The molecular formula is C16H16N2O2S2. The molecule has 4 rings (SSSR count). The molecule has 0 aromatic carbocycles. The highest BCUT2D eigenvalue weighted by Gasteiger charge is 2.53. The highest BCUT2D eigenvalue weighted by Crippen LogP contribution is 2.53. The Morgan fingerprint density at radius 3 is 2.50 bits per heavy atom. The Morgan fingerprint density at radius 1 is 1.27 bits per heavy atom. The third kappa shape index (κ3) is 1.87. The largest absolute Gasteiger partial charge is 0.468 e. The number of fused-ring (bicyclic) bond motifs is 1. The number of thiazole rings is 1. The summed E-state index contributed by atoms with van der Waals surface area (Å²) in [5.74, 6) is -0.112. The number of carbonyl (C=O) groups is 1. The quantitative estimate of drug-likeness (QED) is 0.682. The predicted molar refractivity (Wildman–Crippen MR) is 89.2 cm³/mol. The normalized spacial score (nSPS) is 16.1. The van der Waals surface area contributed by atoms with E-state index in [2.05, 4.69) is 36.6 Å². The lowest BCUT2D eigenvalue weighted by molar-refractivity contribution is -0.143. The molecule has 0 radical (unpaired) electrons. The average molecular weight is 332 g/mol. The molecule has 0 saturated heterocycles. The van der Waals surface area contributed by atoms with Crippen molar-refractivity contribution in [3.05, 3.63) is 34.5 Å². The number of aromatic nitrogens is 2. The third-order valence-corrected chi connectivity index (χ3v) is 6.69. The van der Waals surface area contributed by atoms with E-state index in [9.17, 15) is 4.79 Å². The molecule has 3 aromatic rings. The van der Waals surface area contributed by atoms with E-state index >= 15 is 0 Å². The second-order valence-corrected chi connectivity index (χ2v) is 7.84. The van der Waals surface area contributed by atoms with Gasteiger partial charge in [0.1, 0.15) is 10.2 Å². The zero-order chi connectivity index (χ0) is 15.5. The first kappa shape index (κ1) is 14.0. The van der Waals surface area contributed by atoms with E-state index in [-0.39, 0.29) is 11.4 Å². The van der Waals surface area contributed by atoms with Crippen molar-refractivity contribution >= 4 is 38.2 Å². The van der Waals surface area contributed by atoms with Gasteiger partial charge in [-0.05, 0) is 44.9 Å². The predicted octanol–water partition coefficient (Wildman–Crippen LogP) is 3.97. The SMILES string of the molecule is COC(=O)C1(c2cc3sc(-n4c(C)ccc4C)nc3s2)CC1. The van der Waals surface area contributed by atoms with Gasteiger partial charge in [0.2, 0.25) is 0 Å². The molecule has 1 fully saturated rings. The van der Waals surface area contributed by atoms with Crippen molar-refractivity contribution in [3.8, 4) is 5.13 Å². The van der Waals surface area contributed by atoms with Crippen LogP contribution in [0.1, 0.15) is 29.1 Å². The molecular weight excluding hydrogens is 316 g/mol. The molecule has 0 unspecified atom stereocenters. The van der Waals surface area contributed by atoms with Crippen LogP contribution in [0.2, 0.25) is 0 Å². The van der Waals surface area contributed by atoms with E-state index in [0.29, 0.717) is 0 Å². The minimum absolute atomic E-state index is 0.112. The Morgan fingerprint density at radius 2 is 1.95 bits per heavy atom. The molecule has 1 aliphatic carbocycles. The molecule has 0 spiro atoms. The summed E-state index contributed by atoms with van der Waals surface area (Å²) in [6.45, 7) is 4.18. The maximum Gasteiger partial charge on any atom is 0.317 e. The van der Waals surface area contributed by atoms with E-state index in [1.807, 2.05) is 0 Å². The van der Waals surface area contributed by atoms with Gasteiger partial charge in [0.05, 0.1) is 11.8 Å². The van der Waals surface area contributed by atoms with Crippen molar-refractivity contribution in [1.29, 1.82) is 0 Å². The van der Waals surface area contributed by atoms with Crippen molar-refractivity contribution in [1.82, 2.24) is 9.55 Å². The van der Waals surface area contributed by atoms with Crippen LogP contribution in [-0.4, -0.2) is 22.6 Å². The second-order valence-electron chi connectivity index (χ2n) is 5.80. The Hall–Kier alpha value is -1.66. The van der Waals surface area contributed by atoms with Crippen LogP contribution in [0.5, 0.6) is 0 Å². The van der Waals surface area contributed by atoms with Crippen LogP contribution in [0.25, 0.3) is 14.7 Å². The molecule has 3 aromatic heterocycles. The van der Waals surface area contributed by atoms with Crippen molar-refractivity contribution in [2.45, 2.75) is 32.1 Å². The Bertz CT molecular complexity index is 832. The van der Waals surface area contributed by atoms with E-state index < -0.39 is 0 Å². The van der Waals surface area contributed by atoms with Crippen LogP contribution in [0.3, 0.4) is 0 Å². The van der Waals surface area contributed by atoms with Gasteiger partial charge in [-0.15, -0.1) is 11.3 Å². The van der Waals surface area contributed by atoms with Gasteiger partial charge in [-0.25, -0.2) is 4.98 Å². The number of thiophene rings is 1. The Kier molecular flexibility index (Phi) is 2.96. The first-order chi connectivity index (χ1) is 10.5. The Labute approximate surface area is 136 Å². The zero-order valence-corrected chi connectivity index (χ0v) is 14.3. The molecule has 0 N–H and O–H groups in total. The lowest BCUT2D eigenvalue weighted by Gasteiger charge is -2.09. The maximum atomic E-state index is 12.0. The number of methoxy groups -OCH3 is 1. The summed E-state index contributed by atoms with van der Waals surface area (Å²) in [7, 11) is 1.46. The van der Waals surface area contributed by atoms with Crippen molar-refractivity contribution in [2.24, 2.45) is 0 Å². The van der Waals surface area contributed by atoms with Crippen LogP contribution in [0.15, 0.2) is 18.2 Å². The van der Waals surface area contributed by atoms with E-state index in [0.717, 1.165) is 32.4 Å². The summed E-state index contributed by atoms with van der Waals surface area (Å²) in [6.07, 6.45) is 1.77. The molecule has 0 amide bonds. The highest BCUT2D eigenvalue weighted by atomic mass is 32.1. The molecule has 1 aliphatic rings. The van der Waals surface area contributed by atoms with Crippen LogP contribution >= 0.6 is 22.7 Å². The maximum absolute atomic E-state index is 12.0. The molecule has 0 bridgehead atoms. The fourth-order valence-corrected chi connectivity index (χ4v) is 5.46. The van der Waals surface area contributed by atoms with Gasteiger partial charge >= 0.3 is 5.97 Å². The van der Waals surface area contributed by atoms with Crippen molar-refractivity contribution in [3.63, 3.8) is 0 Å². The van der Waals surface area contributed by atoms with Gasteiger partial charge in [-0.2, -0.15) is 0 Å². The van der Waals surface area contributed by atoms with Gasteiger partial charge in [-0.1, -0.05) is 11.3 Å². The van der Waals surface area contributed by atoms with Crippen LogP contribution in [0, 0.1) is 13.8 Å². The van der Waals surface area contributed by atoms with Gasteiger partial charge in [-0.3, -0.25) is 9.36 Å². The zero-order valence-electron chi connectivity index (χ0n) is 12.7. The lowest BCUT2D eigenvalue weighted by atomic mass is 10.1. The van der Waals surface area contributed by atoms with Crippen LogP contribution < -0.4 is 0 Å². The van der Waals surface area contributed by atoms with Crippen LogP contribution in [-0.2, 0) is 14.9 Å². The first-order valence-electron chi connectivity index (χ1n) is 7.20. The van der Waals surface area contributed by atoms with Gasteiger partial charge < -0.3 is 4.74 Å². The summed E-state index contributed by atoms with van der Waals surface area (Å²) in [5, 5.41) is 0.996. The number of aryl methyl sites for hydroxylation is 2. The number of nitrogens with zero attached hydrogens (tertiary/aromatic N) is 2. The molecule has 1 saturated carbocycles. The highest BCUT2D eigenvalue weighted by molar-refractivity contribution is 7.28. The number of esters is 1. The summed E-state index contributed by atoms with van der Waals surface area (Å²) in [6, 6.07) is 6.33. The van der Waals surface area contributed by atoms with Gasteiger partial charge in [0, 0.05) is 16.3 Å². The van der Waals surface area contributed by atoms with E-state index in [1.54, 1.807) is 22.7 Å². The van der Waals surface area contributed by atoms with E-state index in [1.165, 1.54) is 18.5 Å². The minimum Gasteiger partial charge on any atom is -0.468 e. The molecule has 6 heteroatoms. The molecule has 0 atom stereocenters. The third-order valence-electron chi connectivity index (χ3n) is 4.34. The molecule has 114 valence electrons. The fourth-order valence-electron chi connectivity index (χ4n) is 2.90. The topological polar surface area (TPSA) is 44.1 Å². The smallest absolute Gasteiger partial charge is 0.317 e. The summed E-state index contributed by atoms with van der Waals surface area (Å²) in [4.78, 5) is 18.9. The van der Waals surface area contributed by atoms with Gasteiger partial charge in [0.25, 0.3) is 0 Å². The molecule has 0 aliphatic heterocycles. The average Bonchev–Trinajstić information content (AvgIpc) is 2.92. The minimum atomic E-state index is -0.390.